The first kappa shape index (κ1) is 26.9. The molecular formula is C46H31BN2O. The highest BCUT2D eigenvalue weighted by molar-refractivity contribution is 7.02. The van der Waals surface area contributed by atoms with Gasteiger partial charge in [-0.05, 0) is 102 Å². The molecule has 0 radical (unpaired) electrons. The lowest BCUT2D eigenvalue weighted by molar-refractivity contribution is 0.477. The average molecular weight is 639 g/mol. The summed E-state index contributed by atoms with van der Waals surface area (Å²) in [4.78, 5) is 2.46. The first-order valence-corrected chi connectivity index (χ1v) is 17.7. The molecule has 0 saturated heterocycles. The number of fused-ring (bicyclic) bond motifs is 16. The van der Waals surface area contributed by atoms with Crippen LogP contribution in [0.25, 0.3) is 59.8 Å². The molecule has 50 heavy (non-hydrogen) atoms. The second-order valence-electron chi connectivity index (χ2n) is 15.3. The molecule has 0 bridgehead atoms. The third-order valence-corrected chi connectivity index (χ3v) is 11.7. The molecule has 0 spiro atoms. The molecule has 0 saturated carbocycles. The number of nitrogens with zero attached hydrogens (tertiary/aromatic N) is 2. The fraction of sp³-hybridized carbons (Fsp3) is 0.0870. The van der Waals surface area contributed by atoms with Crippen LogP contribution in [-0.2, 0) is 5.41 Å². The average Bonchev–Trinajstić information content (AvgIpc) is 3.47. The zero-order chi connectivity index (χ0) is 33.0. The minimum atomic E-state index is 0.0101. The molecule has 4 heteroatoms. The zero-order valence-corrected chi connectivity index (χ0v) is 28.1. The zero-order valence-electron chi connectivity index (χ0n) is 28.1. The van der Waals surface area contributed by atoms with Gasteiger partial charge in [-0.1, -0.05) is 112 Å². The van der Waals surface area contributed by atoms with Crippen LogP contribution in [0.2, 0.25) is 0 Å². The van der Waals surface area contributed by atoms with Gasteiger partial charge in [-0.15, -0.1) is 0 Å². The smallest absolute Gasteiger partial charge is 0.253 e. The maximum Gasteiger partial charge on any atom is 0.253 e. The minimum absolute atomic E-state index is 0.0101. The Balaban J connectivity index is 1.36. The van der Waals surface area contributed by atoms with Crippen molar-refractivity contribution in [3.05, 3.63) is 139 Å². The Morgan fingerprint density at radius 1 is 0.520 bits per heavy atom. The van der Waals surface area contributed by atoms with E-state index in [0.717, 1.165) is 22.9 Å². The Labute approximate surface area is 290 Å². The Morgan fingerprint density at radius 2 is 1.18 bits per heavy atom. The van der Waals surface area contributed by atoms with Gasteiger partial charge in [0, 0.05) is 22.1 Å². The van der Waals surface area contributed by atoms with Gasteiger partial charge < -0.3 is 14.2 Å². The van der Waals surface area contributed by atoms with Crippen molar-refractivity contribution in [2.24, 2.45) is 0 Å². The summed E-state index contributed by atoms with van der Waals surface area (Å²) in [6.07, 6.45) is 0. The molecule has 0 fully saturated rings. The van der Waals surface area contributed by atoms with E-state index in [1.165, 1.54) is 87.4 Å². The van der Waals surface area contributed by atoms with Crippen molar-refractivity contribution in [3.63, 3.8) is 0 Å². The van der Waals surface area contributed by atoms with Crippen molar-refractivity contribution in [2.45, 2.75) is 26.2 Å². The van der Waals surface area contributed by atoms with Crippen LogP contribution in [0, 0.1) is 0 Å². The molecule has 3 aliphatic rings. The van der Waals surface area contributed by atoms with Gasteiger partial charge in [0.15, 0.2) is 11.5 Å². The Bertz CT molecular complexity index is 3020. The number of aromatic nitrogens is 1. The monoisotopic (exact) mass is 638 g/mol. The molecule has 0 unspecified atom stereocenters. The van der Waals surface area contributed by atoms with E-state index in [-0.39, 0.29) is 12.1 Å². The molecule has 9 aromatic rings. The molecule has 4 heterocycles. The van der Waals surface area contributed by atoms with Crippen LogP contribution in [0.15, 0.2) is 133 Å². The molecule has 0 N–H and O–H groups in total. The van der Waals surface area contributed by atoms with Crippen LogP contribution in [0.5, 0.6) is 11.5 Å². The van der Waals surface area contributed by atoms with Gasteiger partial charge in [-0.25, -0.2) is 0 Å². The quantitative estimate of drug-likeness (QED) is 0.122. The summed E-state index contributed by atoms with van der Waals surface area (Å²) in [5, 5.41) is 10.5. The molecule has 234 valence electrons. The first-order chi connectivity index (χ1) is 24.5. The summed E-state index contributed by atoms with van der Waals surface area (Å²) in [6.45, 7) is 6.96. The van der Waals surface area contributed by atoms with E-state index in [1.807, 2.05) is 0 Å². The Kier molecular flexibility index (Phi) is 4.82. The van der Waals surface area contributed by atoms with E-state index in [4.69, 9.17) is 4.74 Å². The maximum absolute atomic E-state index is 6.68. The van der Waals surface area contributed by atoms with Gasteiger partial charge >= 0.3 is 0 Å². The van der Waals surface area contributed by atoms with Gasteiger partial charge in [-0.3, -0.25) is 0 Å². The molecule has 0 aliphatic carbocycles. The molecule has 1 aromatic heterocycles. The lowest BCUT2D eigenvalue weighted by Gasteiger charge is -2.43. The summed E-state index contributed by atoms with van der Waals surface area (Å²) in [5.41, 5.74) is 12.7. The normalized spacial score (nSPS) is 14.0. The minimum Gasteiger partial charge on any atom is -0.453 e. The number of anilines is 3. The second-order valence-corrected chi connectivity index (χ2v) is 15.3. The third kappa shape index (κ3) is 3.14. The molecule has 0 amide bonds. The van der Waals surface area contributed by atoms with Gasteiger partial charge in [0.25, 0.3) is 6.71 Å². The van der Waals surface area contributed by atoms with Gasteiger partial charge in [-0.2, -0.15) is 0 Å². The van der Waals surface area contributed by atoms with Crippen molar-refractivity contribution in [2.75, 3.05) is 4.90 Å². The van der Waals surface area contributed by atoms with Crippen molar-refractivity contribution in [1.29, 1.82) is 0 Å². The summed E-state index contributed by atoms with van der Waals surface area (Å²) in [7, 11) is 0. The SMILES string of the molecule is CC(C)(C)c1ccc2c3cc4c5ccccc5c5ccccc5c4c4c3n(c2c1)-c1cccc2c1B4c1cccc3c1N2c1ccccc1O3. The van der Waals surface area contributed by atoms with Crippen LogP contribution in [0.1, 0.15) is 26.3 Å². The largest absolute Gasteiger partial charge is 0.453 e. The van der Waals surface area contributed by atoms with Crippen molar-refractivity contribution >= 4 is 94.3 Å². The number of para-hydroxylation sites is 3. The summed E-state index contributed by atoms with van der Waals surface area (Å²) < 4.78 is 9.29. The lowest BCUT2D eigenvalue weighted by atomic mass is 9.33. The van der Waals surface area contributed by atoms with Crippen molar-refractivity contribution in [3.8, 4) is 17.2 Å². The fourth-order valence-electron chi connectivity index (χ4n) is 9.59. The maximum atomic E-state index is 6.68. The summed E-state index contributed by atoms with van der Waals surface area (Å²) >= 11 is 0. The molecule has 3 nitrogen and oxygen atoms in total. The second kappa shape index (κ2) is 8.96. The predicted octanol–water partition coefficient (Wildman–Crippen LogP) is 10.3. The summed E-state index contributed by atoms with van der Waals surface area (Å²) in [6, 6.07) is 49.7. The van der Waals surface area contributed by atoms with Crippen molar-refractivity contribution in [1.82, 2.24) is 4.57 Å². The van der Waals surface area contributed by atoms with Crippen molar-refractivity contribution < 1.29 is 4.74 Å². The third-order valence-electron chi connectivity index (χ3n) is 11.7. The van der Waals surface area contributed by atoms with Crippen LogP contribution in [0.3, 0.4) is 0 Å². The lowest BCUT2D eigenvalue weighted by Crippen LogP contribution is -2.61. The fourth-order valence-corrected chi connectivity index (χ4v) is 9.59. The van der Waals surface area contributed by atoms with Gasteiger partial charge in [0.05, 0.1) is 22.4 Å². The molecule has 12 rings (SSSR count). The molecular weight excluding hydrogens is 607 g/mol. The number of benzene rings is 8. The van der Waals surface area contributed by atoms with Gasteiger partial charge in [0.2, 0.25) is 0 Å². The molecule has 8 aromatic carbocycles. The highest BCUT2D eigenvalue weighted by Crippen LogP contribution is 2.52. The standard InChI is InChI=1S/C46H31BN2O/c1-46(2,3)26-22-23-30-33-25-32-29-14-5-4-12-27(29)28-13-6-7-15-31(28)41(32)43-44(33)49(38(30)24-26)37-19-11-18-36-42(37)47(43)34-16-10-21-40-45(34)48(36)35-17-8-9-20-39(35)50-40/h4-25H,1-3H3. The number of hydrogen-bond donors (Lipinski definition) is 0. The Hall–Kier alpha value is -6.00. The predicted molar refractivity (Wildman–Crippen MR) is 211 cm³/mol. The van der Waals surface area contributed by atoms with E-state index in [0.29, 0.717) is 0 Å². The highest BCUT2D eigenvalue weighted by Gasteiger charge is 2.45. The van der Waals surface area contributed by atoms with E-state index < -0.39 is 0 Å². The van der Waals surface area contributed by atoms with Crippen LogP contribution < -0.4 is 26.0 Å². The number of hydrogen-bond acceptors (Lipinski definition) is 2. The summed E-state index contributed by atoms with van der Waals surface area (Å²) in [5.74, 6) is 1.79. The van der Waals surface area contributed by atoms with Gasteiger partial charge in [0.1, 0.15) is 0 Å². The van der Waals surface area contributed by atoms with E-state index >= 15 is 0 Å². The first-order valence-electron chi connectivity index (χ1n) is 17.7. The topological polar surface area (TPSA) is 17.4 Å². The molecule has 3 aliphatic heterocycles. The Morgan fingerprint density at radius 3 is 2.00 bits per heavy atom. The number of rotatable bonds is 0. The van der Waals surface area contributed by atoms with Crippen LogP contribution in [0.4, 0.5) is 17.1 Å². The molecule has 0 atom stereocenters. The van der Waals surface area contributed by atoms with Crippen LogP contribution >= 0.6 is 0 Å². The highest BCUT2D eigenvalue weighted by atomic mass is 16.5. The van der Waals surface area contributed by atoms with E-state index in [2.05, 4.69) is 164 Å². The van der Waals surface area contributed by atoms with Crippen LogP contribution in [-0.4, -0.2) is 11.3 Å². The number of ether oxygens (including phenoxy) is 1. The van der Waals surface area contributed by atoms with E-state index in [1.54, 1.807) is 0 Å². The van der Waals surface area contributed by atoms with E-state index in [9.17, 15) is 0 Å².